The minimum atomic E-state index is -1.57. The molecule has 1 aromatic heterocycles. The van der Waals surface area contributed by atoms with Crippen LogP contribution in [0.5, 0.6) is 0 Å². The number of para-hydroxylation sites is 1. The van der Waals surface area contributed by atoms with E-state index in [1.165, 1.54) is 6.92 Å². The van der Waals surface area contributed by atoms with E-state index in [0.29, 0.717) is 24.9 Å². The number of carbonyl (C=O) groups excluding carboxylic acids is 5. The van der Waals surface area contributed by atoms with Gasteiger partial charge in [0.1, 0.15) is 36.3 Å². The van der Waals surface area contributed by atoms with Crippen molar-refractivity contribution in [3.8, 4) is 0 Å². The molecule has 0 fully saturated rings. The Morgan fingerprint density at radius 3 is 1.86 bits per heavy atom. The van der Waals surface area contributed by atoms with E-state index in [-0.39, 0.29) is 50.5 Å². The minimum Gasteiger partial charge on any atom is -0.481 e. The van der Waals surface area contributed by atoms with Crippen LogP contribution < -0.4 is 49.1 Å². The number of fused-ring (bicyclic) bond motifs is 1. The predicted molar refractivity (Wildman–Crippen MR) is 217 cm³/mol. The second kappa shape index (κ2) is 24.9. The van der Waals surface area contributed by atoms with Crippen LogP contribution in [0.15, 0.2) is 30.5 Å². The summed E-state index contributed by atoms with van der Waals surface area (Å²) < 4.78 is 0. The summed E-state index contributed by atoms with van der Waals surface area (Å²) >= 11 is 0. The number of aromatic amines is 1. The largest absolute Gasteiger partial charge is 0.481 e. The van der Waals surface area contributed by atoms with Crippen LogP contribution in [0.2, 0.25) is 0 Å². The van der Waals surface area contributed by atoms with E-state index >= 15 is 0 Å². The molecule has 2 rings (SSSR count). The van der Waals surface area contributed by atoms with E-state index in [2.05, 4.69) is 36.9 Å². The average molecular weight is 832 g/mol. The first kappa shape index (κ1) is 49.3. The first-order valence-corrected chi connectivity index (χ1v) is 19.6. The fourth-order valence-electron chi connectivity index (χ4n) is 6.09. The van der Waals surface area contributed by atoms with Gasteiger partial charge in [0, 0.05) is 36.5 Å². The number of hydrogen-bond acceptors (Lipinski definition) is 11. The molecular formula is C38H61N11O10. The maximum absolute atomic E-state index is 14.2. The highest BCUT2D eigenvalue weighted by molar-refractivity contribution is 5.97. The molecule has 0 aliphatic heterocycles. The molecule has 0 bridgehead atoms. The Balaban J connectivity index is 2.48. The zero-order valence-corrected chi connectivity index (χ0v) is 33.7. The monoisotopic (exact) mass is 831 g/mol. The second-order valence-electron chi connectivity index (χ2n) is 14.8. The molecular weight excluding hydrogens is 770 g/mol. The van der Waals surface area contributed by atoms with Gasteiger partial charge in [-0.3, -0.25) is 34.2 Å². The van der Waals surface area contributed by atoms with E-state index in [0.717, 1.165) is 10.9 Å². The zero-order valence-electron chi connectivity index (χ0n) is 33.7. The van der Waals surface area contributed by atoms with Crippen molar-refractivity contribution < 1.29 is 48.9 Å². The van der Waals surface area contributed by atoms with E-state index in [4.69, 9.17) is 22.6 Å². The van der Waals surface area contributed by atoms with Crippen LogP contribution >= 0.6 is 0 Å². The molecule has 0 spiro atoms. The van der Waals surface area contributed by atoms with Gasteiger partial charge < -0.3 is 69.4 Å². The number of carbonyl (C=O) groups is 7. The number of aliphatic hydroxyl groups is 1. The van der Waals surface area contributed by atoms with Gasteiger partial charge in [-0.25, -0.2) is 4.79 Å². The van der Waals surface area contributed by atoms with E-state index < -0.39 is 96.7 Å². The molecule has 2 aromatic rings. The molecule has 0 unspecified atom stereocenters. The molecule has 0 saturated carbocycles. The van der Waals surface area contributed by atoms with Crippen LogP contribution in [0.1, 0.15) is 77.7 Å². The minimum absolute atomic E-state index is 0.0563. The van der Waals surface area contributed by atoms with E-state index in [1.807, 2.05) is 0 Å². The SMILES string of the molecule is CC(C)C[C@H](NC(=O)[C@@H](N)[C@@H](C)O)C(=O)N[C@@H](Cc1c[nH]c2ccccc12)C(=O)N[C@@H](CCC(=O)O)C(=O)N[C@@H](CCCNC(=N)N)C(=O)N[C@@H](CCCCN)C(=O)O. The van der Waals surface area contributed by atoms with Crippen LogP contribution in [0.4, 0.5) is 0 Å². The third kappa shape index (κ3) is 17.3. The summed E-state index contributed by atoms with van der Waals surface area (Å²) in [4.78, 5) is 95.1. The lowest BCUT2D eigenvalue weighted by molar-refractivity contribution is -0.142. The number of carboxylic acid groups (broad SMARTS) is 2. The Labute approximate surface area is 342 Å². The fourth-order valence-corrected chi connectivity index (χ4v) is 6.09. The lowest BCUT2D eigenvalue weighted by Gasteiger charge is -2.28. The highest BCUT2D eigenvalue weighted by Crippen LogP contribution is 2.20. The standard InChI is InChI=1S/C38H61N11O10/c1-20(2)17-28(49-36(57)31(40)21(3)50)34(55)48-29(18-22-19-44-24-10-5-4-9-23(22)24)35(56)46-26(13-14-30(51)52)33(54)45-25(12-8-16-43-38(41)42)32(53)47-27(37(58)59)11-6-7-15-39/h4-5,9-10,19-21,25-29,31,44,50H,6-8,11-18,39-40H2,1-3H3,(H,45,54)(H,46,56)(H,47,53)(H,48,55)(H,49,57)(H,51,52)(H,58,59)(H4,41,42,43)/t21-,25+,26+,27+,28+,29+,31+/m1/s1. The third-order valence-corrected chi connectivity index (χ3v) is 9.35. The molecule has 0 saturated heterocycles. The van der Waals surface area contributed by atoms with Gasteiger partial charge in [0.25, 0.3) is 0 Å². The van der Waals surface area contributed by atoms with Crippen molar-refractivity contribution in [1.82, 2.24) is 36.9 Å². The molecule has 0 aliphatic carbocycles. The number of nitrogens with one attached hydrogen (secondary N) is 8. The molecule has 1 aromatic carbocycles. The molecule has 21 nitrogen and oxygen atoms in total. The smallest absolute Gasteiger partial charge is 0.326 e. The van der Waals surface area contributed by atoms with Crippen LogP contribution in [-0.4, -0.2) is 123 Å². The third-order valence-electron chi connectivity index (χ3n) is 9.35. The van der Waals surface area contributed by atoms with Crippen LogP contribution in [-0.2, 0) is 40.0 Å². The van der Waals surface area contributed by atoms with Gasteiger partial charge in [0.05, 0.1) is 6.10 Å². The number of aliphatic carboxylic acids is 2. The van der Waals surface area contributed by atoms with Crippen LogP contribution in [0, 0.1) is 11.3 Å². The molecule has 7 atom stereocenters. The van der Waals surface area contributed by atoms with Gasteiger partial charge in [0.2, 0.25) is 29.5 Å². The Morgan fingerprint density at radius 2 is 1.29 bits per heavy atom. The maximum Gasteiger partial charge on any atom is 0.326 e. The molecule has 328 valence electrons. The lowest BCUT2D eigenvalue weighted by atomic mass is 9.99. The predicted octanol–water partition coefficient (Wildman–Crippen LogP) is -1.77. The van der Waals surface area contributed by atoms with E-state index in [9.17, 15) is 48.9 Å². The molecule has 17 N–H and O–H groups in total. The Kier molecular flexibility index (Phi) is 20.8. The summed E-state index contributed by atoms with van der Waals surface area (Å²) in [5, 5.41) is 52.5. The molecule has 1 heterocycles. The highest BCUT2D eigenvalue weighted by Gasteiger charge is 2.34. The summed E-state index contributed by atoms with van der Waals surface area (Å²) in [5.41, 5.74) is 18.0. The van der Waals surface area contributed by atoms with E-state index in [1.54, 1.807) is 44.3 Å². The summed E-state index contributed by atoms with van der Waals surface area (Å²) in [5.74, 6) is -7.37. The van der Waals surface area contributed by atoms with Crippen molar-refractivity contribution in [3.05, 3.63) is 36.0 Å². The first-order chi connectivity index (χ1) is 27.8. The van der Waals surface area contributed by atoms with Crippen LogP contribution in [0.3, 0.4) is 0 Å². The fraction of sp³-hybridized carbons (Fsp3) is 0.579. The van der Waals surface area contributed by atoms with Crippen LogP contribution in [0.25, 0.3) is 10.9 Å². The number of H-pyrrole nitrogens is 1. The summed E-state index contributed by atoms with van der Waals surface area (Å²) in [6.45, 7) is 5.36. The first-order valence-electron chi connectivity index (χ1n) is 19.6. The van der Waals surface area contributed by atoms with Gasteiger partial charge in [-0.1, -0.05) is 32.0 Å². The number of aromatic nitrogens is 1. The quantitative estimate of drug-likeness (QED) is 0.0269. The van der Waals surface area contributed by atoms with Gasteiger partial charge >= 0.3 is 11.9 Å². The van der Waals surface area contributed by atoms with Crippen molar-refractivity contribution in [3.63, 3.8) is 0 Å². The number of unbranched alkanes of at least 4 members (excludes halogenated alkanes) is 1. The summed E-state index contributed by atoms with van der Waals surface area (Å²) in [6, 6.07) is -1.02. The molecule has 59 heavy (non-hydrogen) atoms. The molecule has 21 heteroatoms. The van der Waals surface area contributed by atoms with Gasteiger partial charge in [-0.2, -0.15) is 0 Å². The van der Waals surface area contributed by atoms with Crippen molar-refractivity contribution in [1.29, 1.82) is 5.41 Å². The second-order valence-corrected chi connectivity index (χ2v) is 14.8. The summed E-state index contributed by atoms with van der Waals surface area (Å²) in [7, 11) is 0. The number of amides is 5. The number of nitrogens with two attached hydrogens (primary N) is 3. The highest BCUT2D eigenvalue weighted by atomic mass is 16.4. The van der Waals surface area contributed by atoms with Crippen molar-refractivity contribution in [2.24, 2.45) is 23.1 Å². The van der Waals surface area contributed by atoms with Crippen molar-refractivity contribution >= 4 is 58.3 Å². The average Bonchev–Trinajstić information content (AvgIpc) is 3.58. The molecule has 5 amide bonds. The lowest BCUT2D eigenvalue weighted by Crippen LogP contribution is -2.60. The maximum atomic E-state index is 14.2. The van der Waals surface area contributed by atoms with Crippen molar-refractivity contribution in [2.45, 2.75) is 121 Å². The summed E-state index contributed by atoms with van der Waals surface area (Å²) in [6.07, 6.45) is 0.432. The topological polar surface area (TPSA) is 370 Å². The molecule has 0 radical (unpaired) electrons. The number of hydrogen-bond donors (Lipinski definition) is 14. The zero-order chi connectivity index (χ0) is 44.2. The Hall–Kier alpha value is -5.80. The number of benzene rings is 1. The Morgan fingerprint density at radius 1 is 0.746 bits per heavy atom. The van der Waals surface area contributed by atoms with Gasteiger partial charge in [0.15, 0.2) is 5.96 Å². The number of aliphatic hydroxyl groups excluding tert-OH is 1. The van der Waals surface area contributed by atoms with Crippen molar-refractivity contribution in [2.75, 3.05) is 13.1 Å². The van der Waals surface area contributed by atoms with Gasteiger partial charge in [-0.05, 0) is 76.0 Å². The Bertz CT molecular complexity index is 1750. The number of carboxylic acids is 2. The normalized spacial score (nSPS) is 14.8. The number of guanidine groups is 1. The molecule has 0 aliphatic rings. The van der Waals surface area contributed by atoms with Gasteiger partial charge in [-0.15, -0.1) is 0 Å². The number of rotatable bonds is 27.